The molecule has 3 saturated heterocycles. The predicted octanol–water partition coefficient (Wildman–Crippen LogP) is 3.44. The van der Waals surface area contributed by atoms with Crippen LogP contribution in [-0.2, 0) is 25.7 Å². The molecule has 0 aliphatic carbocycles. The second kappa shape index (κ2) is 11.1. The number of rotatable bonds is 4. The van der Waals surface area contributed by atoms with Crippen molar-refractivity contribution in [3.05, 3.63) is 29.6 Å². The highest BCUT2D eigenvalue weighted by molar-refractivity contribution is 7.99. The van der Waals surface area contributed by atoms with Crippen molar-refractivity contribution in [3.63, 3.8) is 0 Å². The molecule has 1 amide bonds. The van der Waals surface area contributed by atoms with Gasteiger partial charge in [0.05, 0.1) is 31.5 Å². The lowest BCUT2D eigenvalue weighted by molar-refractivity contribution is -0.204. The van der Waals surface area contributed by atoms with E-state index in [1.54, 1.807) is 0 Å². The minimum absolute atomic E-state index is 0.179. The number of carboxylic acid groups (broad SMARTS) is 1. The Labute approximate surface area is 195 Å². The third-order valence-electron chi connectivity index (χ3n) is 5.94. The second-order valence-electron chi connectivity index (χ2n) is 8.61. The van der Waals surface area contributed by atoms with Crippen molar-refractivity contribution in [1.29, 1.82) is 0 Å². The van der Waals surface area contributed by atoms with E-state index < -0.39 is 12.1 Å². The number of thioether (sulfide) groups is 1. The Morgan fingerprint density at radius 1 is 1.27 bits per heavy atom. The zero-order valence-electron chi connectivity index (χ0n) is 18.5. The molecule has 11 heteroatoms. The smallest absolute Gasteiger partial charge is 0.475 e. The lowest BCUT2D eigenvalue weighted by atomic mass is 9.83. The van der Waals surface area contributed by atoms with E-state index in [0.29, 0.717) is 19.1 Å². The number of carbonyl (C=O) groups excluding carboxylic acids is 1. The molecule has 3 aliphatic heterocycles. The summed E-state index contributed by atoms with van der Waals surface area (Å²) in [6.45, 7) is 4.73. The molecular weight excluding hydrogens is 461 g/mol. The zero-order valence-corrected chi connectivity index (χ0v) is 19.3. The summed E-state index contributed by atoms with van der Waals surface area (Å²) in [6, 6.07) is 6.03. The first kappa shape index (κ1) is 25.8. The third kappa shape index (κ3) is 7.31. The van der Waals surface area contributed by atoms with Crippen LogP contribution in [-0.4, -0.2) is 76.0 Å². The Balaban J connectivity index is 0.000000383. The molecule has 1 N–H and O–H groups in total. The molecule has 0 saturated carbocycles. The van der Waals surface area contributed by atoms with Crippen LogP contribution in [0.4, 0.5) is 13.2 Å². The number of aromatic nitrogens is 1. The molecule has 184 valence electrons. The average molecular weight is 491 g/mol. The van der Waals surface area contributed by atoms with Crippen LogP contribution in [0, 0.1) is 12.8 Å². The SMILES string of the molecule is Cc1cccc(COC2CCOC3(C2)CN(C(=O)C2CCSCC2)C3)n1.O=C(O)C(F)(F)F. The highest BCUT2D eigenvalue weighted by atomic mass is 32.2. The van der Waals surface area contributed by atoms with Crippen molar-refractivity contribution in [3.8, 4) is 0 Å². The topological polar surface area (TPSA) is 89.0 Å². The summed E-state index contributed by atoms with van der Waals surface area (Å²) in [6.07, 6.45) is -1.04. The fourth-order valence-electron chi connectivity index (χ4n) is 4.24. The molecule has 3 fully saturated rings. The summed E-state index contributed by atoms with van der Waals surface area (Å²) in [5.41, 5.74) is 1.82. The maximum atomic E-state index is 12.7. The number of carbonyl (C=O) groups is 2. The van der Waals surface area contributed by atoms with Gasteiger partial charge in [0.2, 0.25) is 5.91 Å². The number of amides is 1. The summed E-state index contributed by atoms with van der Waals surface area (Å²) in [5, 5.41) is 7.12. The maximum Gasteiger partial charge on any atom is 0.490 e. The van der Waals surface area contributed by atoms with E-state index in [1.165, 1.54) is 0 Å². The van der Waals surface area contributed by atoms with Crippen LogP contribution in [0.2, 0.25) is 0 Å². The number of aryl methyl sites for hydroxylation is 1. The first-order valence-electron chi connectivity index (χ1n) is 10.9. The zero-order chi connectivity index (χ0) is 24.1. The summed E-state index contributed by atoms with van der Waals surface area (Å²) >= 11 is 1.96. The quantitative estimate of drug-likeness (QED) is 0.692. The number of likely N-dealkylation sites (tertiary alicyclic amines) is 1. The molecule has 7 nitrogen and oxygen atoms in total. The third-order valence-corrected chi connectivity index (χ3v) is 6.99. The predicted molar refractivity (Wildman–Crippen MR) is 116 cm³/mol. The van der Waals surface area contributed by atoms with Crippen LogP contribution in [0.15, 0.2) is 18.2 Å². The molecule has 0 radical (unpaired) electrons. The van der Waals surface area contributed by atoms with Crippen molar-refractivity contribution in [2.45, 2.75) is 57.1 Å². The molecule has 4 heterocycles. The number of carboxylic acids is 1. The first-order valence-corrected chi connectivity index (χ1v) is 12.1. The largest absolute Gasteiger partial charge is 0.490 e. The van der Waals surface area contributed by atoms with E-state index in [4.69, 9.17) is 19.4 Å². The van der Waals surface area contributed by atoms with Gasteiger partial charge in [-0.3, -0.25) is 9.78 Å². The highest BCUT2D eigenvalue weighted by Gasteiger charge is 2.50. The summed E-state index contributed by atoms with van der Waals surface area (Å²) in [5.74, 6) is 0.0551. The molecule has 0 aromatic carbocycles. The Morgan fingerprint density at radius 2 is 1.94 bits per heavy atom. The number of ether oxygens (including phenoxy) is 2. The van der Waals surface area contributed by atoms with Crippen molar-refractivity contribution in [2.75, 3.05) is 31.2 Å². The number of hydrogen-bond acceptors (Lipinski definition) is 6. The van der Waals surface area contributed by atoms with Gasteiger partial charge in [-0.15, -0.1) is 0 Å². The van der Waals surface area contributed by atoms with Gasteiger partial charge in [0, 0.05) is 24.6 Å². The van der Waals surface area contributed by atoms with Crippen molar-refractivity contribution in [2.24, 2.45) is 5.92 Å². The van der Waals surface area contributed by atoms with Crippen LogP contribution >= 0.6 is 11.8 Å². The minimum atomic E-state index is -5.08. The van der Waals surface area contributed by atoms with Gasteiger partial charge >= 0.3 is 12.1 Å². The Morgan fingerprint density at radius 3 is 2.55 bits per heavy atom. The monoisotopic (exact) mass is 490 g/mol. The van der Waals surface area contributed by atoms with Gasteiger partial charge in [-0.1, -0.05) is 6.07 Å². The van der Waals surface area contributed by atoms with Gasteiger partial charge in [0.15, 0.2) is 0 Å². The second-order valence-corrected chi connectivity index (χ2v) is 9.84. The van der Waals surface area contributed by atoms with Gasteiger partial charge < -0.3 is 19.5 Å². The number of aliphatic carboxylic acids is 1. The van der Waals surface area contributed by atoms with Crippen LogP contribution in [0.1, 0.15) is 37.1 Å². The molecule has 0 bridgehead atoms. The summed E-state index contributed by atoms with van der Waals surface area (Å²) in [4.78, 5) is 28.1. The molecule has 1 aromatic rings. The molecular formula is C22H29F3N2O5S. The van der Waals surface area contributed by atoms with Crippen LogP contribution < -0.4 is 0 Å². The number of hydrogen-bond donors (Lipinski definition) is 1. The fraction of sp³-hybridized carbons (Fsp3) is 0.682. The molecule has 1 unspecified atom stereocenters. The van der Waals surface area contributed by atoms with Gasteiger partial charge in [0.25, 0.3) is 0 Å². The van der Waals surface area contributed by atoms with E-state index in [1.807, 2.05) is 41.8 Å². The van der Waals surface area contributed by atoms with Crippen LogP contribution in [0.3, 0.4) is 0 Å². The highest BCUT2D eigenvalue weighted by Crippen LogP contribution is 2.37. The standard InChI is InChI=1S/C20H28N2O3S.C2HF3O2/c1-15-3-2-4-17(21-15)12-24-18-5-8-25-20(11-18)13-22(14-20)19(23)16-6-9-26-10-7-16;3-2(4,5)1(6)7/h2-4,16,18H,5-14H2,1H3;(H,6,7). The Hall–Kier alpha value is -1.85. The van der Waals surface area contributed by atoms with Crippen molar-refractivity contribution < 1.29 is 37.3 Å². The average Bonchev–Trinajstić information content (AvgIpc) is 2.76. The first-order chi connectivity index (χ1) is 15.6. The molecule has 3 aliphatic rings. The van der Waals surface area contributed by atoms with Crippen LogP contribution in [0.25, 0.3) is 0 Å². The van der Waals surface area contributed by atoms with E-state index >= 15 is 0 Å². The lowest BCUT2D eigenvalue weighted by Gasteiger charge is -2.53. The minimum Gasteiger partial charge on any atom is -0.475 e. The van der Waals surface area contributed by atoms with Crippen molar-refractivity contribution in [1.82, 2.24) is 9.88 Å². The van der Waals surface area contributed by atoms with Gasteiger partial charge in [0.1, 0.15) is 5.60 Å². The van der Waals surface area contributed by atoms with E-state index in [0.717, 1.165) is 61.7 Å². The summed E-state index contributed by atoms with van der Waals surface area (Å²) in [7, 11) is 0. The normalized spacial score (nSPS) is 22.8. The van der Waals surface area contributed by atoms with E-state index in [-0.39, 0.29) is 17.6 Å². The van der Waals surface area contributed by atoms with Crippen molar-refractivity contribution >= 4 is 23.6 Å². The number of nitrogens with zero attached hydrogens (tertiary/aromatic N) is 2. The molecule has 1 atom stereocenters. The Bertz CT molecular complexity index is 826. The number of pyridine rings is 1. The van der Waals surface area contributed by atoms with E-state index in [2.05, 4.69) is 4.98 Å². The van der Waals surface area contributed by atoms with Gasteiger partial charge in [-0.25, -0.2) is 4.79 Å². The fourth-order valence-corrected chi connectivity index (χ4v) is 5.34. The molecule has 33 heavy (non-hydrogen) atoms. The van der Waals surface area contributed by atoms with Gasteiger partial charge in [-0.2, -0.15) is 24.9 Å². The number of halogens is 3. The maximum absolute atomic E-state index is 12.7. The Kier molecular flexibility index (Phi) is 8.63. The number of alkyl halides is 3. The van der Waals surface area contributed by atoms with E-state index in [9.17, 15) is 18.0 Å². The van der Waals surface area contributed by atoms with Gasteiger partial charge in [-0.05, 0) is 49.8 Å². The lowest BCUT2D eigenvalue weighted by Crippen LogP contribution is -2.68. The van der Waals surface area contributed by atoms with Crippen LogP contribution in [0.5, 0.6) is 0 Å². The molecule has 4 rings (SSSR count). The molecule has 1 aromatic heterocycles. The summed E-state index contributed by atoms with van der Waals surface area (Å²) < 4.78 is 43.9. The molecule has 1 spiro atoms.